The number of sulfonamides is 1. The molecular formula is C14H23N3O2S. The van der Waals surface area contributed by atoms with E-state index in [9.17, 15) is 8.42 Å². The third kappa shape index (κ3) is 2.81. The van der Waals surface area contributed by atoms with Crippen LogP contribution < -0.4 is 5.32 Å². The van der Waals surface area contributed by atoms with Crippen molar-refractivity contribution in [3.05, 3.63) is 18.5 Å². The molecule has 2 unspecified atom stereocenters. The molecule has 20 heavy (non-hydrogen) atoms. The fraction of sp³-hybridized carbons (Fsp3) is 0.643. The largest absolute Gasteiger partial charge is 0.384 e. The van der Waals surface area contributed by atoms with Crippen LogP contribution in [0.3, 0.4) is 0 Å². The minimum Gasteiger partial charge on any atom is -0.384 e. The smallest absolute Gasteiger partial charge is 0.246 e. The van der Waals surface area contributed by atoms with Crippen LogP contribution in [0.4, 0.5) is 5.69 Å². The number of nitrogens with one attached hydrogen (secondary N) is 1. The van der Waals surface area contributed by atoms with E-state index in [0.29, 0.717) is 24.7 Å². The van der Waals surface area contributed by atoms with E-state index in [-0.39, 0.29) is 10.9 Å². The molecule has 6 heteroatoms. The van der Waals surface area contributed by atoms with Crippen molar-refractivity contribution < 1.29 is 8.42 Å². The Morgan fingerprint density at radius 1 is 1.45 bits per heavy atom. The molecular weight excluding hydrogens is 274 g/mol. The van der Waals surface area contributed by atoms with E-state index >= 15 is 0 Å². The Hall–Kier alpha value is -1.14. The first kappa shape index (κ1) is 15.3. The number of piperidine rings is 1. The van der Waals surface area contributed by atoms with Crippen molar-refractivity contribution >= 4 is 15.7 Å². The normalized spacial score (nSPS) is 24.6. The molecule has 0 spiro atoms. The number of rotatable bonds is 4. The van der Waals surface area contributed by atoms with Gasteiger partial charge in [0.1, 0.15) is 4.90 Å². The molecule has 1 aromatic heterocycles. The molecule has 0 radical (unpaired) electrons. The molecule has 1 aliphatic rings. The lowest BCUT2D eigenvalue weighted by atomic mass is 9.94. The minimum absolute atomic E-state index is 0.0310. The van der Waals surface area contributed by atoms with Crippen LogP contribution in [-0.2, 0) is 10.0 Å². The van der Waals surface area contributed by atoms with Crippen LogP contribution in [0, 0.1) is 5.92 Å². The Labute approximate surface area is 121 Å². The van der Waals surface area contributed by atoms with Crippen LogP contribution in [0.15, 0.2) is 23.4 Å². The number of hydrogen-bond acceptors (Lipinski definition) is 4. The van der Waals surface area contributed by atoms with E-state index in [1.54, 1.807) is 16.6 Å². The van der Waals surface area contributed by atoms with Crippen LogP contribution >= 0.6 is 0 Å². The summed E-state index contributed by atoms with van der Waals surface area (Å²) < 4.78 is 27.4. The quantitative estimate of drug-likeness (QED) is 0.926. The van der Waals surface area contributed by atoms with Crippen LogP contribution in [0.2, 0.25) is 0 Å². The molecule has 1 N–H and O–H groups in total. The standard InChI is InChI=1S/C14H23N3O2S/c1-4-16-13-7-8-15-10-14(13)20(18,19)17-9-5-6-11(2)12(17)3/h7-8,10-12H,4-6,9H2,1-3H3,(H,15,16). The van der Waals surface area contributed by atoms with Crippen LogP contribution in [0.5, 0.6) is 0 Å². The van der Waals surface area contributed by atoms with Gasteiger partial charge in [0.25, 0.3) is 0 Å². The molecule has 0 saturated carbocycles. The molecule has 5 nitrogen and oxygen atoms in total. The second kappa shape index (κ2) is 6.10. The van der Waals surface area contributed by atoms with Crippen molar-refractivity contribution in [2.75, 3.05) is 18.4 Å². The summed E-state index contributed by atoms with van der Waals surface area (Å²) in [6, 6.07) is 1.75. The summed E-state index contributed by atoms with van der Waals surface area (Å²) in [5.74, 6) is 0.387. The molecule has 0 bridgehead atoms. The molecule has 1 aromatic rings. The molecule has 1 aliphatic heterocycles. The average Bonchev–Trinajstić information content (AvgIpc) is 2.42. The maximum absolute atomic E-state index is 12.9. The predicted molar refractivity (Wildman–Crippen MR) is 80.2 cm³/mol. The van der Waals surface area contributed by atoms with E-state index in [4.69, 9.17) is 0 Å². The van der Waals surface area contributed by atoms with Crippen molar-refractivity contribution in [1.29, 1.82) is 0 Å². The highest BCUT2D eigenvalue weighted by Gasteiger charge is 2.35. The van der Waals surface area contributed by atoms with Gasteiger partial charge in [0.05, 0.1) is 5.69 Å². The zero-order chi connectivity index (χ0) is 14.8. The van der Waals surface area contributed by atoms with Crippen molar-refractivity contribution in [2.45, 2.75) is 44.6 Å². The Morgan fingerprint density at radius 3 is 2.90 bits per heavy atom. The van der Waals surface area contributed by atoms with E-state index < -0.39 is 10.0 Å². The third-order valence-corrected chi connectivity index (χ3v) is 6.07. The van der Waals surface area contributed by atoms with E-state index in [1.165, 1.54) is 6.20 Å². The number of nitrogens with zero attached hydrogens (tertiary/aromatic N) is 2. The molecule has 0 aromatic carbocycles. The second-order valence-electron chi connectivity index (χ2n) is 5.38. The molecule has 0 aliphatic carbocycles. The number of anilines is 1. The van der Waals surface area contributed by atoms with Crippen LogP contribution in [0.25, 0.3) is 0 Å². The summed E-state index contributed by atoms with van der Waals surface area (Å²) in [7, 11) is -3.49. The van der Waals surface area contributed by atoms with Crippen molar-refractivity contribution in [1.82, 2.24) is 9.29 Å². The van der Waals surface area contributed by atoms with Gasteiger partial charge in [0.15, 0.2) is 0 Å². The first-order valence-electron chi connectivity index (χ1n) is 7.18. The summed E-state index contributed by atoms with van der Waals surface area (Å²) in [5.41, 5.74) is 0.632. The SMILES string of the molecule is CCNc1ccncc1S(=O)(=O)N1CCCC(C)C1C. The second-order valence-corrected chi connectivity index (χ2v) is 7.24. The van der Waals surface area contributed by atoms with Gasteiger partial charge in [-0.05, 0) is 38.7 Å². The molecule has 1 fully saturated rings. The maximum atomic E-state index is 12.9. The van der Waals surface area contributed by atoms with Gasteiger partial charge in [-0.25, -0.2) is 8.42 Å². The lowest BCUT2D eigenvalue weighted by molar-refractivity contribution is 0.202. The maximum Gasteiger partial charge on any atom is 0.246 e. The zero-order valence-electron chi connectivity index (χ0n) is 12.3. The fourth-order valence-electron chi connectivity index (χ4n) is 2.69. The van der Waals surface area contributed by atoms with Gasteiger partial charge in [-0.15, -0.1) is 0 Å². The van der Waals surface area contributed by atoms with E-state index in [1.807, 2.05) is 13.8 Å². The first-order valence-corrected chi connectivity index (χ1v) is 8.62. The molecule has 2 rings (SSSR count). The molecule has 2 atom stereocenters. The highest BCUT2D eigenvalue weighted by Crippen LogP contribution is 2.31. The summed E-state index contributed by atoms with van der Waals surface area (Å²) in [5, 5.41) is 3.10. The zero-order valence-corrected chi connectivity index (χ0v) is 13.2. The number of pyridine rings is 1. The highest BCUT2D eigenvalue weighted by atomic mass is 32.2. The van der Waals surface area contributed by atoms with Gasteiger partial charge in [-0.2, -0.15) is 4.31 Å². The Morgan fingerprint density at radius 2 is 2.20 bits per heavy atom. The Kier molecular flexibility index (Phi) is 4.65. The van der Waals surface area contributed by atoms with Crippen molar-refractivity contribution in [3.63, 3.8) is 0 Å². The van der Waals surface area contributed by atoms with E-state index in [2.05, 4.69) is 17.2 Å². The molecule has 2 heterocycles. The molecule has 112 valence electrons. The van der Waals surface area contributed by atoms with Gasteiger partial charge in [0.2, 0.25) is 10.0 Å². The third-order valence-electron chi connectivity index (χ3n) is 4.05. The monoisotopic (exact) mass is 297 g/mol. The summed E-state index contributed by atoms with van der Waals surface area (Å²) in [4.78, 5) is 4.27. The fourth-order valence-corrected chi connectivity index (χ4v) is 4.57. The number of hydrogen-bond donors (Lipinski definition) is 1. The highest BCUT2D eigenvalue weighted by molar-refractivity contribution is 7.89. The van der Waals surface area contributed by atoms with Gasteiger partial charge in [0, 0.05) is 31.5 Å². The van der Waals surface area contributed by atoms with Gasteiger partial charge in [-0.3, -0.25) is 4.98 Å². The van der Waals surface area contributed by atoms with E-state index in [0.717, 1.165) is 12.8 Å². The van der Waals surface area contributed by atoms with Crippen LogP contribution in [0.1, 0.15) is 33.6 Å². The van der Waals surface area contributed by atoms with Gasteiger partial charge >= 0.3 is 0 Å². The summed E-state index contributed by atoms with van der Waals surface area (Å²) in [6.07, 6.45) is 5.06. The minimum atomic E-state index is -3.49. The lowest BCUT2D eigenvalue weighted by Gasteiger charge is -2.37. The predicted octanol–water partition coefficient (Wildman–Crippen LogP) is 2.32. The molecule has 1 saturated heterocycles. The Bertz CT molecular complexity index is 559. The number of aromatic nitrogens is 1. The molecule has 0 amide bonds. The Balaban J connectivity index is 2.39. The van der Waals surface area contributed by atoms with Gasteiger partial charge in [-0.1, -0.05) is 6.92 Å². The topological polar surface area (TPSA) is 62.3 Å². The first-order chi connectivity index (χ1) is 9.48. The lowest BCUT2D eigenvalue weighted by Crippen LogP contribution is -2.46. The summed E-state index contributed by atoms with van der Waals surface area (Å²) >= 11 is 0. The van der Waals surface area contributed by atoms with Gasteiger partial charge < -0.3 is 5.32 Å². The van der Waals surface area contributed by atoms with Crippen molar-refractivity contribution in [3.8, 4) is 0 Å². The van der Waals surface area contributed by atoms with Crippen LogP contribution in [-0.4, -0.2) is 36.8 Å². The average molecular weight is 297 g/mol. The van der Waals surface area contributed by atoms with Crippen molar-refractivity contribution in [2.24, 2.45) is 5.92 Å². The summed E-state index contributed by atoms with van der Waals surface area (Å²) in [6.45, 7) is 7.32.